The number of carboxylic acid groups (broad SMARTS) is 1. The number of aliphatic carboxylic acids is 1. The van der Waals surface area contributed by atoms with Crippen molar-refractivity contribution in [1.82, 2.24) is 15.2 Å². The van der Waals surface area contributed by atoms with Crippen molar-refractivity contribution in [2.75, 3.05) is 18.1 Å². The summed E-state index contributed by atoms with van der Waals surface area (Å²) < 4.78 is 69.8. The van der Waals surface area contributed by atoms with Crippen molar-refractivity contribution in [2.45, 2.75) is 17.6 Å². The zero-order valence-electron chi connectivity index (χ0n) is 19.4. The van der Waals surface area contributed by atoms with Crippen LogP contribution in [0.4, 0.5) is 27.1 Å². The Morgan fingerprint density at radius 1 is 1.27 bits per heavy atom. The van der Waals surface area contributed by atoms with Gasteiger partial charge in [0.25, 0.3) is 11.8 Å². The molecule has 4 rings (SSSR count). The lowest BCUT2D eigenvalue weighted by atomic mass is 10.0. The van der Waals surface area contributed by atoms with Crippen LogP contribution in [-0.4, -0.2) is 74.4 Å². The lowest BCUT2D eigenvalue weighted by Gasteiger charge is -2.49. The van der Waals surface area contributed by atoms with E-state index in [9.17, 15) is 46.2 Å². The number of anilines is 1. The van der Waals surface area contributed by atoms with Crippen LogP contribution in [0.15, 0.2) is 40.0 Å². The second-order valence-electron chi connectivity index (χ2n) is 7.87. The molecule has 0 saturated carbocycles. The molecule has 4 N–H and O–H groups in total. The van der Waals surface area contributed by atoms with Crippen molar-refractivity contribution in [3.8, 4) is 5.75 Å². The molecule has 40 heavy (non-hydrogen) atoms. The number of ether oxygens (including phenoxy) is 1. The molecular formula is C21H14F5N5O7S2. The summed E-state index contributed by atoms with van der Waals surface area (Å²) in [6.45, 7) is -0.461. The first-order chi connectivity index (χ1) is 18.8. The lowest BCUT2D eigenvalue weighted by molar-refractivity contribution is -0.199. The van der Waals surface area contributed by atoms with Gasteiger partial charge in [-0.3, -0.25) is 14.5 Å². The summed E-state index contributed by atoms with van der Waals surface area (Å²) in [5.41, 5.74) is 3.82. The second-order valence-corrected chi connectivity index (χ2v) is 9.86. The number of oxime groups is 1. The van der Waals surface area contributed by atoms with Gasteiger partial charge in [0.2, 0.25) is 0 Å². The zero-order valence-corrected chi connectivity index (χ0v) is 21.0. The van der Waals surface area contributed by atoms with Gasteiger partial charge in [0, 0.05) is 22.8 Å². The number of halogens is 5. The van der Waals surface area contributed by atoms with Crippen LogP contribution < -0.4 is 15.8 Å². The predicted octanol–water partition coefficient (Wildman–Crippen LogP) is 1.63. The summed E-state index contributed by atoms with van der Waals surface area (Å²) in [7, 11) is 0. The van der Waals surface area contributed by atoms with Gasteiger partial charge in [0.15, 0.2) is 22.4 Å². The number of amides is 2. The molecule has 2 aliphatic rings. The fraction of sp³-hybridized carbons (Fsp3) is 0.238. The minimum absolute atomic E-state index is 0.0436. The number of nitrogen functional groups attached to an aromatic ring is 1. The summed E-state index contributed by atoms with van der Waals surface area (Å²) in [5, 5.41) is 15.0. The fourth-order valence-corrected chi connectivity index (χ4v) is 5.38. The molecule has 1 aromatic heterocycles. The third-order valence-corrected chi connectivity index (χ3v) is 7.28. The van der Waals surface area contributed by atoms with Crippen LogP contribution >= 0.6 is 23.1 Å². The van der Waals surface area contributed by atoms with E-state index in [0.717, 1.165) is 45.5 Å². The maximum Gasteiger partial charge on any atom is 0.493 e. The Hall–Kier alpha value is -4.26. The van der Waals surface area contributed by atoms with Gasteiger partial charge in [-0.25, -0.2) is 23.4 Å². The molecule has 12 nitrogen and oxygen atoms in total. The Bertz CT molecular complexity index is 1460. The number of alkyl halides is 3. The van der Waals surface area contributed by atoms with Gasteiger partial charge in [-0.15, -0.1) is 23.1 Å². The average molecular weight is 607 g/mol. The van der Waals surface area contributed by atoms with Crippen LogP contribution in [0.5, 0.6) is 5.75 Å². The molecule has 2 aliphatic heterocycles. The number of carboxylic acids is 1. The summed E-state index contributed by atoms with van der Waals surface area (Å²) in [6.07, 6.45) is -5.42. The zero-order chi connectivity index (χ0) is 29.4. The second kappa shape index (κ2) is 11.1. The van der Waals surface area contributed by atoms with Crippen LogP contribution in [0.1, 0.15) is 5.69 Å². The van der Waals surface area contributed by atoms with Crippen molar-refractivity contribution in [3.05, 3.63) is 52.2 Å². The van der Waals surface area contributed by atoms with E-state index in [-0.39, 0.29) is 27.9 Å². The van der Waals surface area contributed by atoms with Crippen molar-refractivity contribution >= 4 is 57.7 Å². The van der Waals surface area contributed by atoms with Crippen LogP contribution in [0.3, 0.4) is 0 Å². The SMILES string of the molecule is Nc1nc(C(=NOC(=O)C(F)(F)F)C(=O)NC2C(=O)N3C(C(=O)O)=C(COc4ccc(F)cc4F)CS[C@@H]23)cs1. The smallest absolute Gasteiger partial charge is 0.486 e. The highest BCUT2D eigenvalue weighted by atomic mass is 32.2. The van der Waals surface area contributed by atoms with Crippen molar-refractivity contribution in [3.63, 3.8) is 0 Å². The summed E-state index contributed by atoms with van der Waals surface area (Å²) in [4.78, 5) is 57.1. The van der Waals surface area contributed by atoms with Gasteiger partial charge in [0.05, 0.1) is 0 Å². The number of nitrogens with two attached hydrogens (primary N) is 1. The van der Waals surface area contributed by atoms with Crippen molar-refractivity contribution < 1.29 is 55.8 Å². The maximum atomic E-state index is 13.9. The Morgan fingerprint density at radius 2 is 2.00 bits per heavy atom. The minimum atomic E-state index is -5.42. The number of nitrogens with zero attached hydrogens (tertiary/aromatic N) is 3. The first-order valence-electron chi connectivity index (χ1n) is 10.6. The number of aromatic nitrogens is 1. The Balaban J connectivity index is 1.51. The monoisotopic (exact) mass is 607 g/mol. The average Bonchev–Trinajstić information content (AvgIpc) is 3.31. The number of thioether (sulfide) groups is 1. The highest BCUT2D eigenvalue weighted by Gasteiger charge is 2.54. The molecule has 0 radical (unpaired) electrons. The third-order valence-electron chi connectivity index (χ3n) is 5.26. The first-order valence-corrected chi connectivity index (χ1v) is 12.6. The summed E-state index contributed by atoms with van der Waals surface area (Å²) >= 11 is 1.79. The van der Waals surface area contributed by atoms with E-state index >= 15 is 0 Å². The maximum absolute atomic E-state index is 13.9. The van der Waals surface area contributed by atoms with E-state index < -0.39 is 71.0 Å². The standard InChI is InChI=1S/C21H14F5N5O7S2/c22-8-1-2-11(9(23)3-8)37-4-7-5-39-17-13(16(33)31(17)14(7)18(34)35)29-15(32)12(10-6-40-20(27)28-10)30-38-19(36)21(24,25)26/h1-3,6,13,17H,4-5H2,(H2,27,28)(H,29,32)(H,34,35)/t13?,17-/m0/s1. The number of β-lactam (4-membered cyclic amide) rings is 1. The molecule has 19 heteroatoms. The van der Waals surface area contributed by atoms with E-state index in [1.165, 1.54) is 0 Å². The van der Waals surface area contributed by atoms with E-state index in [0.29, 0.717) is 6.07 Å². The van der Waals surface area contributed by atoms with Gasteiger partial charge >= 0.3 is 18.1 Å². The molecule has 1 saturated heterocycles. The molecule has 1 aromatic carbocycles. The summed E-state index contributed by atoms with van der Waals surface area (Å²) in [5.74, 6) is -8.69. The van der Waals surface area contributed by atoms with Crippen LogP contribution in [0.2, 0.25) is 0 Å². The minimum Gasteiger partial charge on any atom is -0.486 e. The molecule has 0 bridgehead atoms. The number of fused-ring (bicyclic) bond motifs is 1. The topological polar surface area (TPSA) is 174 Å². The van der Waals surface area contributed by atoms with E-state index in [1.807, 2.05) is 0 Å². The molecule has 2 atom stereocenters. The summed E-state index contributed by atoms with van der Waals surface area (Å²) in [6, 6.07) is 1.15. The number of carbonyl (C=O) groups excluding carboxylic acids is 3. The van der Waals surface area contributed by atoms with Crippen molar-refractivity contribution in [2.24, 2.45) is 5.16 Å². The lowest BCUT2D eigenvalue weighted by Crippen LogP contribution is -2.71. The van der Waals surface area contributed by atoms with Gasteiger partial charge in [-0.05, 0) is 12.1 Å². The number of carbonyl (C=O) groups is 4. The van der Waals surface area contributed by atoms with Gasteiger partial charge in [-0.2, -0.15) is 13.2 Å². The van der Waals surface area contributed by atoms with E-state index in [4.69, 9.17) is 10.5 Å². The fourth-order valence-electron chi connectivity index (χ4n) is 3.50. The molecule has 1 fully saturated rings. The van der Waals surface area contributed by atoms with E-state index in [2.05, 4.69) is 20.3 Å². The number of benzene rings is 1. The Morgan fingerprint density at radius 3 is 2.60 bits per heavy atom. The normalized spacial score (nSPS) is 19.1. The largest absolute Gasteiger partial charge is 0.493 e. The number of hydrogen-bond acceptors (Lipinski definition) is 11. The number of nitrogens with one attached hydrogen (secondary N) is 1. The highest BCUT2D eigenvalue weighted by molar-refractivity contribution is 8.00. The molecule has 212 valence electrons. The molecule has 3 heterocycles. The number of rotatable bonds is 8. The van der Waals surface area contributed by atoms with Gasteiger partial charge in [-0.1, -0.05) is 5.16 Å². The Labute approximate surface area is 227 Å². The quantitative estimate of drug-likeness (QED) is 0.132. The van der Waals surface area contributed by atoms with Crippen LogP contribution in [-0.2, 0) is 24.0 Å². The predicted molar refractivity (Wildman–Crippen MR) is 127 cm³/mol. The van der Waals surface area contributed by atoms with E-state index in [1.54, 1.807) is 0 Å². The Kier molecular flexibility index (Phi) is 7.96. The first kappa shape index (κ1) is 28.7. The molecule has 1 unspecified atom stereocenters. The molecule has 2 amide bonds. The number of hydrogen-bond donors (Lipinski definition) is 3. The molecule has 0 spiro atoms. The molecule has 0 aliphatic carbocycles. The van der Waals surface area contributed by atoms with Gasteiger partial charge < -0.3 is 25.7 Å². The van der Waals surface area contributed by atoms with Crippen molar-refractivity contribution in [1.29, 1.82) is 0 Å². The molecule has 2 aromatic rings. The molecular weight excluding hydrogens is 593 g/mol. The van der Waals surface area contributed by atoms with Crippen LogP contribution in [0, 0.1) is 11.6 Å². The van der Waals surface area contributed by atoms with Crippen LogP contribution in [0.25, 0.3) is 0 Å². The third kappa shape index (κ3) is 5.83. The number of thiazole rings is 1. The highest BCUT2D eigenvalue weighted by Crippen LogP contribution is 2.40. The van der Waals surface area contributed by atoms with Gasteiger partial charge in [0.1, 0.15) is 35.2 Å².